The van der Waals surface area contributed by atoms with E-state index in [9.17, 15) is 9.59 Å². The highest BCUT2D eigenvalue weighted by molar-refractivity contribution is 9.10. The molecule has 0 aliphatic carbocycles. The minimum Gasteiger partial charge on any atom is -0.490 e. The normalized spacial score (nSPS) is 14.1. The number of nitrogens with zero attached hydrogens (tertiary/aromatic N) is 1. The molecule has 2 aromatic carbocycles. The molecule has 2 amide bonds. The van der Waals surface area contributed by atoms with Crippen molar-refractivity contribution in [2.24, 2.45) is 0 Å². The Morgan fingerprint density at radius 3 is 2.32 bits per heavy atom. The lowest BCUT2D eigenvalue weighted by atomic mass is 10.1. The van der Waals surface area contributed by atoms with Crippen LogP contribution in [0, 0.1) is 0 Å². The van der Waals surface area contributed by atoms with Gasteiger partial charge in [0.15, 0.2) is 0 Å². The van der Waals surface area contributed by atoms with E-state index < -0.39 is 0 Å². The van der Waals surface area contributed by atoms with Gasteiger partial charge < -0.3 is 19.7 Å². The third kappa shape index (κ3) is 5.11. The van der Waals surface area contributed by atoms with Crippen molar-refractivity contribution in [3.63, 3.8) is 0 Å². The van der Waals surface area contributed by atoms with E-state index in [1.807, 2.05) is 13.8 Å². The molecular weight excluding hydrogens is 424 g/mol. The molecule has 1 heterocycles. The zero-order valence-electron chi connectivity index (χ0n) is 15.9. The van der Waals surface area contributed by atoms with Crippen molar-refractivity contribution in [3.8, 4) is 5.75 Å². The fourth-order valence-electron chi connectivity index (χ4n) is 2.84. The standard InChI is InChI=1S/C21H23BrN2O4/c1-14(2)28-19-8-5-16(13-18(19)22)20(25)23-17-6-3-15(4-7-17)21(26)24-9-11-27-12-10-24/h3-8,13-14H,9-12H2,1-2H3,(H,23,25). The Balaban J connectivity index is 1.64. The van der Waals surface area contributed by atoms with Gasteiger partial charge in [0.05, 0.1) is 23.8 Å². The molecule has 1 fully saturated rings. The maximum absolute atomic E-state index is 12.5. The van der Waals surface area contributed by atoms with E-state index in [0.717, 1.165) is 4.47 Å². The van der Waals surface area contributed by atoms with E-state index in [1.165, 1.54) is 0 Å². The molecule has 0 bridgehead atoms. The van der Waals surface area contributed by atoms with E-state index in [1.54, 1.807) is 47.4 Å². The predicted octanol–water partition coefficient (Wildman–Crippen LogP) is 3.96. The number of carbonyl (C=O) groups excluding carboxylic acids is 2. The highest BCUT2D eigenvalue weighted by Crippen LogP contribution is 2.27. The van der Waals surface area contributed by atoms with Crippen LogP contribution < -0.4 is 10.1 Å². The first-order valence-electron chi connectivity index (χ1n) is 9.18. The Morgan fingerprint density at radius 1 is 1.07 bits per heavy atom. The SMILES string of the molecule is CC(C)Oc1ccc(C(=O)Nc2ccc(C(=O)N3CCOCC3)cc2)cc1Br. The molecule has 28 heavy (non-hydrogen) atoms. The minimum absolute atomic E-state index is 0.0224. The summed E-state index contributed by atoms with van der Waals surface area (Å²) in [4.78, 5) is 26.7. The van der Waals surface area contributed by atoms with Gasteiger partial charge in [-0.1, -0.05) is 0 Å². The largest absolute Gasteiger partial charge is 0.490 e. The number of amides is 2. The second-order valence-electron chi connectivity index (χ2n) is 6.75. The summed E-state index contributed by atoms with van der Waals surface area (Å²) in [5.41, 5.74) is 1.73. The van der Waals surface area contributed by atoms with Crippen molar-refractivity contribution in [2.45, 2.75) is 20.0 Å². The quantitative estimate of drug-likeness (QED) is 0.754. The summed E-state index contributed by atoms with van der Waals surface area (Å²) in [5, 5.41) is 2.85. The third-order valence-electron chi connectivity index (χ3n) is 4.24. The maximum Gasteiger partial charge on any atom is 0.255 e. The summed E-state index contributed by atoms with van der Waals surface area (Å²) in [6, 6.07) is 12.1. The topological polar surface area (TPSA) is 67.9 Å². The fourth-order valence-corrected chi connectivity index (χ4v) is 3.31. The van der Waals surface area contributed by atoms with Crippen molar-refractivity contribution < 1.29 is 19.1 Å². The molecule has 6 nitrogen and oxygen atoms in total. The molecule has 148 valence electrons. The van der Waals surface area contributed by atoms with Gasteiger partial charge >= 0.3 is 0 Å². The second-order valence-corrected chi connectivity index (χ2v) is 7.60. The van der Waals surface area contributed by atoms with Crippen molar-refractivity contribution >= 4 is 33.4 Å². The third-order valence-corrected chi connectivity index (χ3v) is 4.86. The Morgan fingerprint density at radius 2 is 1.71 bits per heavy atom. The molecule has 7 heteroatoms. The monoisotopic (exact) mass is 446 g/mol. The lowest BCUT2D eigenvalue weighted by Gasteiger charge is -2.26. The van der Waals surface area contributed by atoms with Gasteiger partial charge in [0.25, 0.3) is 11.8 Å². The number of benzene rings is 2. The average Bonchev–Trinajstić information content (AvgIpc) is 2.70. The number of morpholine rings is 1. The second kappa shape index (κ2) is 9.21. The van der Waals surface area contributed by atoms with Crippen LogP contribution >= 0.6 is 15.9 Å². The van der Waals surface area contributed by atoms with Gasteiger partial charge in [0.2, 0.25) is 0 Å². The van der Waals surface area contributed by atoms with Crippen LogP contribution in [0.3, 0.4) is 0 Å². The number of nitrogens with one attached hydrogen (secondary N) is 1. The number of anilines is 1. The molecular formula is C21H23BrN2O4. The summed E-state index contributed by atoms with van der Waals surface area (Å²) in [5.74, 6) is 0.437. The first-order valence-corrected chi connectivity index (χ1v) is 9.98. The predicted molar refractivity (Wildman–Crippen MR) is 111 cm³/mol. The van der Waals surface area contributed by atoms with Crippen LogP contribution in [0.15, 0.2) is 46.9 Å². The Hall–Kier alpha value is -2.38. The number of carbonyl (C=O) groups is 2. The van der Waals surface area contributed by atoms with Crippen LogP contribution in [-0.4, -0.2) is 49.1 Å². The van der Waals surface area contributed by atoms with E-state index in [2.05, 4.69) is 21.2 Å². The van der Waals surface area contributed by atoms with E-state index in [4.69, 9.17) is 9.47 Å². The van der Waals surface area contributed by atoms with Gasteiger partial charge in [0, 0.05) is 29.9 Å². The summed E-state index contributed by atoms with van der Waals surface area (Å²) in [6.07, 6.45) is 0.0506. The molecule has 0 saturated carbocycles. The van der Waals surface area contributed by atoms with Crippen LogP contribution in [0.2, 0.25) is 0 Å². The summed E-state index contributed by atoms with van der Waals surface area (Å²) >= 11 is 3.44. The number of halogens is 1. The summed E-state index contributed by atoms with van der Waals surface area (Å²) < 4.78 is 11.7. The van der Waals surface area contributed by atoms with Gasteiger partial charge in [0.1, 0.15) is 5.75 Å². The van der Waals surface area contributed by atoms with Gasteiger partial charge in [-0.05, 0) is 72.2 Å². The van der Waals surface area contributed by atoms with Crippen LogP contribution in [-0.2, 0) is 4.74 Å². The van der Waals surface area contributed by atoms with Gasteiger partial charge in [-0.25, -0.2) is 0 Å². The first-order chi connectivity index (χ1) is 13.4. The zero-order valence-corrected chi connectivity index (χ0v) is 17.5. The first kappa shape index (κ1) is 20.4. The van der Waals surface area contributed by atoms with Crippen molar-refractivity contribution in [3.05, 3.63) is 58.1 Å². The lowest BCUT2D eigenvalue weighted by Crippen LogP contribution is -2.40. The zero-order chi connectivity index (χ0) is 20.1. The molecule has 1 N–H and O–H groups in total. The highest BCUT2D eigenvalue weighted by Gasteiger charge is 2.18. The van der Waals surface area contributed by atoms with E-state index in [-0.39, 0.29) is 17.9 Å². The smallest absolute Gasteiger partial charge is 0.255 e. The highest BCUT2D eigenvalue weighted by atomic mass is 79.9. The van der Waals surface area contributed by atoms with Gasteiger partial charge in [-0.3, -0.25) is 9.59 Å². The Labute approximate surface area is 172 Å². The van der Waals surface area contributed by atoms with Crippen molar-refractivity contribution in [1.82, 2.24) is 4.90 Å². The maximum atomic E-state index is 12.5. The summed E-state index contributed by atoms with van der Waals surface area (Å²) in [7, 11) is 0. The van der Waals surface area contributed by atoms with Gasteiger partial charge in [-0.2, -0.15) is 0 Å². The molecule has 0 unspecified atom stereocenters. The molecule has 3 rings (SSSR count). The van der Waals surface area contributed by atoms with Crippen LogP contribution in [0.5, 0.6) is 5.75 Å². The van der Waals surface area contributed by atoms with Crippen molar-refractivity contribution in [1.29, 1.82) is 0 Å². The molecule has 0 spiro atoms. The van der Waals surface area contributed by atoms with Crippen molar-refractivity contribution in [2.75, 3.05) is 31.6 Å². The minimum atomic E-state index is -0.232. The molecule has 0 radical (unpaired) electrons. The Bertz CT molecular complexity index is 846. The molecule has 0 aromatic heterocycles. The van der Waals surface area contributed by atoms with E-state index >= 15 is 0 Å². The molecule has 1 aliphatic heterocycles. The number of hydrogen-bond acceptors (Lipinski definition) is 4. The van der Waals surface area contributed by atoms with E-state index in [0.29, 0.717) is 48.9 Å². The molecule has 1 aliphatic rings. The lowest BCUT2D eigenvalue weighted by molar-refractivity contribution is 0.0303. The van der Waals surface area contributed by atoms with Crippen LogP contribution in [0.1, 0.15) is 34.6 Å². The molecule has 0 atom stereocenters. The average molecular weight is 447 g/mol. The molecule has 2 aromatic rings. The summed E-state index contributed by atoms with van der Waals surface area (Å²) in [6.45, 7) is 6.22. The van der Waals surface area contributed by atoms with Crippen LogP contribution in [0.25, 0.3) is 0 Å². The molecule has 1 saturated heterocycles. The number of hydrogen-bond donors (Lipinski definition) is 1. The van der Waals surface area contributed by atoms with Gasteiger partial charge in [-0.15, -0.1) is 0 Å². The van der Waals surface area contributed by atoms with Crippen LogP contribution in [0.4, 0.5) is 5.69 Å². The number of ether oxygens (including phenoxy) is 2. The fraction of sp³-hybridized carbons (Fsp3) is 0.333. The Kier molecular flexibility index (Phi) is 6.70. The number of rotatable bonds is 5.